The van der Waals surface area contributed by atoms with Crippen molar-refractivity contribution in [1.82, 2.24) is 14.6 Å². The summed E-state index contributed by atoms with van der Waals surface area (Å²) in [5.41, 5.74) is 1.62. The Hall–Kier alpha value is -1.58. The van der Waals surface area contributed by atoms with Crippen LogP contribution in [0, 0.1) is 12.8 Å². The number of aromatic amines is 1. The van der Waals surface area contributed by atoms with Crippen molar-refractivity contribution in [2.75, 3.05) is 0 Å². The van der Waals surface area contributed by atoms with Crippen molar-refractivity contribution in [1.29, 1.82) is 0 Å². The van der Waals surface area contributed by atoms with Gasteiger partial charge in [-0.05, 0) is 24.5 Å². The van der Waals surface area contributed by atoms with Crippen LogP contribution in [0.25, 0.3) is 5.65 Å². The summed E-state index contributed by atoms with van der Waals surface area (Å²) >= 11 is 0. The highest BCUT2D eigenvalue weighted by molar-refractivity contribution is 5.40. The predicted molar refractivity (Wildman–Crippen MR) is 63.7 cm³/mol. The van der Waals surface area contributed by atoms with E-state index in [1.807, 2.05) is 13.0 Å². The molecule has 1 N–H and O–H groups in total. The maximum Gasteiger partial charge on any atom is 0.271 e. The standard InChI is InChI=1S/C12H17N3O/c1-4-8(2)5-10-13-11-6-9(3)7-12(16)15(11)14-10/h6-8H,4-5H2,1-3H3,(H,13,14). The third-order valence-electron chi connectivity index (χ3n) is 2.89. The zero-order valence-electron chi connectivity index (χ0n) is 9.95. The maximum atomic E-state index is 11.7. The van der Waals surface area contributed by atoms with Crippen LogP contribution in [-0.2, 0) is 6.42 Å². The highest BCUT2D eigenvalue weighted by Crippen LogP contribution is 2.09. The summed E-state index contributed by atoms with van der Waals surface area (Å²) in [6, 6.07) is 3.52. The Balaban J connectivity index is 2.44. The SMILES string of the molecule is CCC(C)Cc1nc2cc(C)cc(=O)n2[nH]1. The Bertz CT molecular complexity index is 553. The highest BCUT2D eigenvalue weighted by Gasteiger charge is 2.07. The first-order valence-electron chi connectivity index (χ1n) is 5.68. The average molecular weight is 219 g/mol. The molecule has 0 bridgehead atoms. The van der Waals surface area contributed by atoms with Crippen LogP contribution in [0.2, 0.25) is 0 Å². The van der Waals surface area contributed by atoms with Crippen LogP contribution in [0.15, 0.2) is 16.9 Å². The van der Waals surface area contributed by atoms with E-state index in [0.29, 0.717) is 11.6 Å². The molecule has 2 aromatic heterocycles. The first-order chi connectivity index (χ1) is 7.60. The van der Waals surface area contributed by atoms with Crippen LogP contribution in [-0.4, -0.2) is 14.6 Å². The highest BCUT2D eigenvalue weighted by atomic mass is 16.1. The molecule has 1 atom stereocenters. The second-order valence-corrected chi connectivity index (χ2v) is 4.45. The Morgan fingerprint density at radius 3 is 2.94 bits per heavy atom. The molecule has 1 unspecified atom stereocenters. The van der Waals surface area contributed by atoms with Gasteiger partial charge in [-0.3, -0.25) is 9.89 Å². The van der Waals surface area contributed by atoms with Gasteiger partial charge in [-0.1, -0.05) is 20.3 Å². The molecule has 0 aliphatic rings. The number of hydrogen-bond donors (Lipinski definition) is 1. The van der Waals surface area contributed by atoms with Crippen molar-refractivity contribution >= 4 is 5.65 Å². The smallest absolute Gasteiger partial charge is 0.271 e. The van der Waals surface area contributed by atoms with Crippen LogP contribution in [0.3, 0.4) is 0 Å². The van der Waals surface area contributed by atoms with Crippen molar-refractivity contribution in [3.63, 3.8) is 0 Å². The van der Waals surface area contributed by atoms with Gasteiger partial charge in [0.15, 0.2) is 5.65 Å². The molecule has 0 aliphatic heterocycles. The van der Waals surface area contributed by atoms with Crippen LogP contribution in [0.1, 0.15) is 31.7 Å². The Morgan fingerprint density at radius 2 is 2.25 bits per heavy atom. The molecule has 0 aliphatic carbocycles. The number of rotatable bonds is 3. The third kappa shape index (κ3) is 2.01. The minimum atomic E-state index is -0.0436. The molecule has 2 heterocycles. The molecule has 0 spiro atoms. The Kier molecular flexibility index (Phi) is 2.81. The van der Waals surface area contributed by atoms with Crippen LogP contribution in [0.4, 0.5) is 0 Å². The molecule has 0 amide bonds. The summed E-state index contributed by atoms with van der Waals surface area (Å²) in [6.45, 7) is 6.25. The van der Waals surface area contributed by atoms with E-state index in [1.54, 1.807) is 6.07 Å². The molecule has 86 valence electrons. The van der Waals surface area contributed by atoms with E-state index >= 15 is 0 Å². The molecule has 2 rings (SSSR count). The molecule has 0 fully saturated rings. The van der Waals surface area contributed by atoms with Gasteiger partial charge in [0.2, 0.25) is 0 Å². The van der Waals surface area contributed by atoms with E-state index in [1.165, 1.54) is 4.52 Å². The molecule has 0 saturated carbocycles. The van der Waals surface area contributed by atoms with E-state index in [4.69, 9.17) is 0 Å². The first kappa shape index (κ1) is 10.9. The summed E-state index contributed by atoms with van der Waals surface area (Å²) in [4.78, 5) is 16.1. The predicted octanol–water partition coefficient (Wildman–Crippen LogP) is 1.92. The summed E-state index contributed by atoms with van der Waals surface area (Å²) < 4.78 is 1.50. The van der Waals surface area contributed by atoms with Crippen LogP contribution < -0.4 is 5.56 Å². The number of fused-ring (bicyclic) bond motifs is 1. The molecule has 4 nitrogen and oxygen atoms in total. The van der Waals surface area contributed by atoms with E-state index in [0.717, 1.165) is 24.2 Å². The van der Waals surface area contributed by atoms with E-state index in [-0.39, 0.29) is 5.56 Å². The van der Waals surface area contributed by atoms with Crippen molar-refractivity contribution in [2.45, 2.75) is 33.6 Å². The number of H-pyrrole nitrogens is 1. The number of hydrogen-bond acceptors (Lipinski definition) is 2. The number of nitrogens with one attached hydrogen (secondary N) is 1. The Labute approximate surface area is 94.3 Å². The zero-order chi connectivity index (χ0) is 11.7. The van der Waals surface area contributed by atoms with Crippen molar-refractivity contribution < 1.29 is 0 Å². The average Bonchev–Trinajstić information content (AvgIpc) is 2.60. The van der Waals surface area contributed by atoms with Gasteiger partial charge in [-0.15, -0.1) is 0 Å². The van der Waals surface area contributed by atoms with Crippen LogP contribution >= 0.6 is 0 Å². The second kappa shape index (κ2) is 4.12. The van der Waals surface area contributed by atoms with Gasteiger partial charge in [0.05, 0.1) is 0 Å². The van der Waals surface area contributed by atoms with Gasteiger partial charge in [0.25, 0.3) is 5.56 Å². The number of aromatic nitrogens is 3. The minimum absolute atomic E-state index is 0.0436. The summed E-state index contributed by atoms with van der Waals surface area (Å²) in [6.07, 6.45) is 2.00. The Morgan fingerprint density at radius 1 is 1.50 bits per heavy atom. The van der Waals surface area contributed by atoms with E-state index in [2.05, 4.69) is 23.9 Å². The lowest BCUT2D eigenvalue weighted by Gasteiger charge is -2.03. The normalized spacial score (nSPS) is 13.2. The molecule has 16 heavy (non-hydrogen) atoms. The lowest BCUT2D eigenvalue weighted by molar-refractivity contribution is 0.543. The third-order valence-corrected chi connectivity index (χ3v) is 2.89. The van der Waals surface area contributed by atoms with E-state index in [9.17, 15) is 4.79 Å². The first-order valence-corrected chi connectivity index (χ1v) is 5.68. The van der Waals surface area contributed by atoms with E-state index < -0.39 is 0 Å². The van der Waals surface area contributed by atoms with Gasteiger partial charge in [-0.2, -0.15) is 0 Å². The van der Waals surface area contributed by atoms with Gasteiger partial charge in [-0.25, -0.2) is 9.50 Å². The topological polar surface area (TPSA) is 50.2 Å². The molecule has 0 aromatic carbocycles. The molecular weight excluding hydrogens is 202 g/mol. The molecule has 2 aromatic rings. The summed E-state index contributed by atoms with van der Waals surface area (Å²) in [5.74, 6) is 1.47. The lowest BCUT2D eigenvalue weighted by atomic mass is 10.1. The van der Waals surface area contributed by atoms with Crippen molar-refractivity contribution in [3.05, 3.63) is 33.9 Å². The van der Waals surface area contributed by atoms with Gasteiger partial charge < -0.3 is 0 Å². The molecule has 0 radical (unpaired) electrons. The maximum absolute atomic E-state index is 11.7. The summed E-state index contributed by atoms with van der Waals surface area (Å²) in [7, 11) is 0. The zero-order valence-corrected chi connectivity index (χ0v) is 9.95. The quantitative estimate of drug-likeness (QED) is 0.857. The largest absolute Gasteiger partial charge is 0.276 e. The van der Waals surface area contributed by atoms with Gasteiger partial charge >= 0.3 is 0 Å². The molecular formula is C12H17N3O. The fraction of sp³-hybridized carbons (Fsp3) is 0.500. The lowest BCUT2D eigenvalue weighted by Crippen LogP contribution is -2.13. The fourth-order valence-electron chi connectivity index (χ4n) is 1.73. The monoisotopic (exact) mass is 219 g/mol. The minimum Gasteiger partial charge on any atom is -0.276 e. The second-order valence-electron chi connectivity index (χ2n) is 4.45. The van der Waals surface area contributed by atoms with Gasteiger partial charge in [0.1, 0.15) is 5.82 Å². The van der Waals surface area contributed by atoms with Crippen LogP contribution in [0.5, 0.6) is 0 Å². The number of aryl methyl sites for hydroxylation is 1. The fourth-order valence-corrected chi connectivity index (χ4v) is 1.73. The molecule has 4 heteroatoms. The van der Waals surface area contributed by atoms with Crippen molar-refractivity contribution in [2.24, 2.45) is 5.92 Å². The summed E-state index contributed by atoms with van der Waals surface area (Å²) in [5, 5.41) is 3.05. The number of nitrogens with zero attached hydrogens (tertiary/aromatic N) is 2. The molecule has 0 saturated heterocycles. The number of pyridine rings is 1. The van der Waals surface area contributed by atoms with Gasteiger partial charge in [0, 0.05) is 12.5 Å². The van der Waals surface area contributed by atoms with Crippen molar-refractivity contribution in [3.8, 4) is 0 Å².